The van der Waals surface area contributed by atoms with E-state index in [0.29, 0.717) is 6.42 Å². The van der Waals surface area contributed by atoms with Crippen molar-refractivity contribution in [3.8, 4) is 0 Å². The molecule has 0 aromatic heterocycles. The molecule has 0 saturated carbocycles. The number of hydrogen-bond acceptors (Lipinski definition) is 7. The van der Waals surface area contributed by atoms with Crippen molar-refractivity contribution in [2.24, 2.45) is 0 Å². The lowest BCUT2D eigenvalue weighted by Gasteiger charge is -2.19. The Morgan fingerprint density at radius 1 is 0.460 bits per heavy atom. The van der Waals surface area contributed by atoms with Crippen LogP contribution in [-0.2, 0) is 32.7 Å². The lowest BCUT2D eigenvalue weighted by molar-refractivity contribution is -0.161. The molecule has 0 rings (SSSR count). The van der Waals surface area contributed by atoms with Crippen molar-refractivity contribution >= 4 is 19.8 Å². The van der Waals surface area contributed by atoms with Crippen LogP contribution in [0.15, 0.2) is 0 Å². The van der Waals surface area contributed by atoms with Crippen molar-refractivity contribution in [1.82, 2.24) is 0 Å². The van der Waals surface area contributed by atoms with Gasteiger partial charge in [0.2, 0.25) is 0 Å². The maximum atomic E-state index is 12.5. The average molecular weight is 733 g/mol. The SMILES string of the molecule is CCCCCCCCCCCCCCCCCC(=O)OC[C@H](COP(=O)(O)OCC)OC(=O)CCCCCCCCCCCCCCCCC. The second-order valence-corrected chi connectivity index (χ2v) is 15.8. The van der Waals surface area contributed by atoms with E-state index >= 15 is 0 Å². The highest BCUT2D eigenvalue weighted by atomic mass is 31.2. The smallest absolute Gasteiger partial charge is 0.462 e. The monoisotopic (exact) mass is 733 g/mol. The van der Waals surface area contributed by atoms with Gasteiger partial charge in [0, 0.05) is 12.8 Å². The number of esters is 2. The van der Waals surface area contributed by atoms with Crippen molar-refractivity contribution in [1.29, 1.82) is 0 Å². The van der Waals surface area contributed by atoms with E-state index in [9.17, 15) is 19.0 Å². The normalized spacial score (nSPS) is 13.3. The van der Waals surface area contributed by atoms with Crippen LogP contribution in [-0.4, -0.2) is 42.8 Å². The first-order chi connectivity index (χ1) is 24.3. The number of phosphoric acid groups is 1. The van der Waals surface area contributed by atoms with Gasteiger partial charge in [-0.15, -0.1) is 0 Å². The third-order valence-corrected chi connectivity index (χ3v) is 10.5. The minimum Gasteiger partial charge on any atom is -0.462 e. The quantitative estimate of drug-likeness (QED) is 0.0377. The van der Waals surface area contributed by atoms with Gasteiger partial charge in [-0.1, -0.05) is 194 Å². The largest absolute Gasteiger partial charge is 0.472 e. The molecule has 0 aromatic rings. The molecule has 2 atom stereocenters. The number of phosphoric ester groups is 1. The van der Waals surface area contributed by atoms with Crippen LogP contribution < -0.4 is 0 Å². The number of rotatable bonds is 40. The molecule has 0 heterocycles. The molecule has 9 heteroatoms. The van der Waals surface area contributed by atoms with E-state index < -0.39 is 19.9 Å². The van der Waals surface area contributed by atoms with Gasteiger partial charge in [-0.3, -0.25) is 18.6 Å². The highest BCUT2D eigenvalue weighted by Gasteiger charge is 2.25. The Morgan fingerprint density at radius 3 is 1.12 bits per heavy atom. The van der Waals surface area contributed by atoms with Gasteiger partial charge in [-0.25, -0.2) is 4.57 Å². The summed E-state index contributed by atoms with van der Waals surface area (Å²) in [5, 5.41) is 0. The average Bonchev–Trinajstić information content (AvgIpc) is 3.09. The van der Waals surface area contributed by atoms with Crippen molar-refractivity contribution < 1.29 is 37.6 Å². The summed E-state index contributed by atoms with van der Waals surface area (Å²) in [6.45, 7) is 5.51. The van der Waals surface area contributed by atoms with Crippen molar-refractivity contribution in [3.05, 3.63) is 0 Å². The van der Waals surface area contributed by atoms with E-state index in [-0.39, 0.29) is 32.2 Å². The molecule has 0 fully saturated rings. The van der Waals surface area contributed by atoms with Gasteiger partial charge in [0.25, 0.3) is 0 Å². The molecule has 0 aliphatic heterocycles. The van der Waals surface area contributed by atoms with Crippen molar-refractivity contribution in [2.75, 3.05) is 19.8 Å². The number of unbranched alkanes of at least 4 members (excludes halogenated alkanes) is 28. The Kier molecular flexibility index (Phi) is 37.1. The Bertz CT molecular complexity index is 793. The Balaban J connectivity index is 4.04. The van der Waals surface area contributed by atoms with E-state index in [1.54, 1.807) is 6.92 Å². The zero-order valence-corrected chi connectivity index (χ0v) is 34.0. The third-order valence-electron chi connectivity index (χ3n) is 9.41. The van der Waals surface area contributed by atoms with Gasteiger partial charge in [0.15, 0.2) is 6.10 Å². The standard InChI is InChI=1S/C41H81O8P/c1-4-7-9-11-13-15-17-19-21-23-25-27-29-31-33-35-40(42)46-37-39(38-48-50(44,45)47-6-3)49-41(43)36-34-32-30-28-26-24-22-20-18-16-14-12-10-8-5-2/h39H,4-38H2,1-3H3,(H,44,45)/t39-/m1/s1. The van der Waals surface area contributed by atoms with E-state index in [1.165, 1.54) is 154 Å². The zero-order chi connectivity index (χ0) is 36.8. The third kappa shape index (κ3) is 36.8. The van der Waals surface area contributed by atoms with Gasteiger partial charge in [0.05, 0.1) is 13.2 Å². The molecule has 0 amide bonds. The Hall–Kier alpha value is -0.950. The predicted octanol–water partition coefficient (Wildman–Crippen LogP) is 13.1. The van der Waals surface area contributed by atoms with E-state index in [1.807, 2.05) is 0 Å². The first kappa shape index (κ1) is 49.0. The maximum absolute atomic E-state index is 12.5. The van der Waals surface area contributed by atoms with Crippen LogP contribution in [0.2, 0.25) is 0 Å². The number of carbonyl (C=O) groups is 2. The van der Waals surface area contributed by atoms with E-state index in [0.717, 1.165) is 38.5 Å². The number of hydrogen-bond donors (Lipinski definition) is 1. The summed E-state index contributed by atoms with van der Waals surface area (Å²) in [4.78, 5) is 34.7. The first-order valence-electron chi connectivity index (χ1n) is 21.3. The second kappa shape index (κ2) is 37.8. The van der Waals surface area contributed by atoms with Crippen LogP contribution >= 0.6 is 7.82 Å². The molecule has 0 saturated heterocycles. The molecule has 0 aromatic carbocycles. The highest BCUT2D eigenvalue weighted by Crippen LogP contribution is 2.43. The summed E-state index contributed by atoms with van der Waals surface area (Å²) < 4.78 is 32.6. The fourth-order valence-electron chi connectivity index (χ4n) is 6.28. The molecule has 1 N–H and O–H groups in total. The fraction of sp³-hybridized carbons (Fsp3) is 0.951. The van der Waals surface area contributed by atoms with E-state index in [2.05, 4.69) is 13.8 Å². The van der Waals surface area contributed by atoms with Gasteiger partial charge in [-0.05, 0) is 19.8 Å². The maximum Gasteiger partial charge on any atom is 0.472 e. The summed E-state index contributed by atoms with van der Waals surface area (Å²) in [6.07, 6.45) is 37.2. The van der Waals surface area contributed by atoms with Gasteiger partial charge in [0.1, 0.15) is 6.61 Å². The summed E-state index contributed by atoms with van der Waals surface area (Å²) in [6, 6.07) is 0. The van der Waals surface area contributed by atoms with Gasteiger partial charge < -0.3 is 14.4 Å². The molecule has 50 heavy (non-hydrogen) atoms. The lowest BCUT2D eigenvalue weighted by atomic mass is 10.0. The Labute approximate surface area is 308 Å². The summed E-state index contributed by atoms with van der Waals surface area (Å²) in [5.41, 5.74) is 0. The number of carbonyl (C=O) groups excluding carboxylic acids is 2. The van der Waals surface area contributed by atoms with Crippen LogP contribution in [0.25, 0.3) is 0 Å². The molecule has 298 valence electrons. The summed E-state index contributed by atoms with van der Waals surface area (Å²) >= 11 is 0. The van der Waals surface area contributed by atoms with Crippen molar-refractivity contribution in [3.63, 3.8) is 0 Å². The first-order valence-corrected chi connectivity index (χ1v) is 22.8. The molecule has 1 unspecified atom stereocenters. The molecular formula is C41H81O8P. The molecule has 0 aliphatic carbocycles. The highest BCUT2D eigenvalue weighted by molar-refractivity contribution is 7.47. The second-order valence-electron chi connectivity index (χ2n) is 14.4. The fourth-order valence-corrected chi connectivity index (χ4v) is 7.03. The molecular weight excluding hydrogens is 651 g/mol. The minimum atomic E-state index is -4.27. The molecule has 8 nitrogen and oxygen atoms in total. The van der Waals surface area contributed by atoms with Gasteiger partial charge >= 0.3 is 19.8 Å². The van der Waals surface area contributed by atoms with Crippen LogP contribution in [0.4, 0.5) is 0 Å². The van der Waals surface area contributed by atoms with Crippen LogP contribution in [0.5, 0.6) is 0 Å². The van der Waals surface area contributed by atoms with Crippen LogP contribution in [0.3, 0.4) is 0 Å². The van der Waals surface area contributed by atoms with Crippen LogP contribution in [0.1, 0.15) is 226 Å². The minimum absolute atomic E-state index is 0.00562. The molecule has 0 spiro atoms. The summed E-state index contributed by atoms with van der Waals surface area (Å²) in [5.74, 6) is -0.781. The van der Waals surface area contributed by atoms with Gasteiger partial charge in [-0.2, -0.15) is 0 Å². The molecule has 0 aliphatic rings. The lowest BCUT2D eigenvalue weighted by Crippen LogP contribution is -2.29. The van der Waals surface area contributed by atoms with E-state index in [4.69, 9.17) is 18.5 Å². The summed E-state index contributed by atoms with van der Waals surface area (Å²) in [7, 11) is -4.27. The topological polar surface area (TPSA) is 108 Å². The molecule has 0 radical (unpaired) electrons. The number of ether oxygens (including phenoxy) is 2. The zero-order valence-electron chi connectivity index (χ0n) is 33.1. The Morgan fingerprint density at radius 2 is 0.780 bits per heavy atom. The van der Waals surface area contributed by atoms with Crippen molar-refractivity contribution in [2.45, 2.75) is 232 Å². The predicted molar refractivity (Wildman–Crippen MR) is 207 cm³/mol. The van der Waals surface area contributed by atoms with Crippen LogP contribution in [0, 0.1) is 0 Å². The molecule has 0 bridgehead atoms.